The maximum Gasteiger partial charge on any atom is 0.338 e. The molecule has 0 fully saturated rings. The van der Waals surface area contributed by atoms with Crippen molar-refractivity contribution in [1.82, 2.24) is 0 Å². The van der Waals surface area contributed by atoms with Crippen LogP contribution in [-0.2, 0) is 6.42 Å². The fraction of sp³-hybridized carbons (Fsp3) is 0.333. The molecule has 1 aliphatic rings. The molecule has 1 heterocycles. The third-order valence-corrected chi connectivity index (χ3v) is 4.21. The molecular weight excluding hydrogens is 268 g/mol. The molecule has 0 bridgehead atoms. The maximum atomic E-state index is 11.5. The lowest BCUT2D eigenvalue weighted by Crippen LogP contribution is -2.10. The van der Waals surface area contributed by atoms with Crippen LogP contribution in [0.3, 0.4) is 0 Å². The van der Waals surface area contributed by atoms with Gasteiger partial charge in [-0.05, 0) is 34.3 Å². The van der Waals surface area contributed by atoms with Crippen molar-refractivity contribution in [3.8, 4) is 0 Å². The largest absolute Gasteiger partial charge is 0.478 e. The smallest absolute Gasteiger partial charge is 0.338 e. The number of ketones is 1. The van der Waals surface area contributed by atoms with Crippen molar-refractivity contribution in [2.45, 2.75) is 19.3 Å². The average Bonchev–Trinajstić information content (AvgIpc) is 2.42. The van der Waals surface area contributed by atoms with E-state index in [-0.39, 0.29) is 11.3 Å². The molecule has 0 saturated carbocycles. The maximum absolute atomic E-state index is 11.5. The number of fused-ring (bicyclic) bond motifs is 1. The molecule has 0 spiro atoms. The summed E-state index contributed by atoms with van der Waals surface area (Å²) in [5, 5.41) is 8.96. The molecule has 0 saturated heterocycles. The highest BCUT2D eigenvalue weighted by molar-refractivity contribution is 9.11. The molecule has 1 aromatic heterocycles. The molecule has 5 heteroatoms. The Bertz CT molecular complexity index is 422. The molecule has 1 aromatic rings. The molecule has 0 unspecified atom stereocenters. The number of halogens is 1. The first kappa shape index (κ1) is 9.86. The Morgan fingerprint density at radius 1 is 1.43 bits per heavy atom. The molecular formula is C9H7BrO3S. The number of aromatic carboxylic acids is 1. The zero-order chi connectivity index (χ0) is 10.3. The predicted molar refractivity (Wildman–Crippen MR) is 56.2 cm³/mol. The molecule has 74 valence electrons. The average molecular weight is 275 g/mol. The van der Waals surface area contributed by atoms with Crippen LogP contribution < -0.4 is 0 Å². The first-order chi connectivity index (χ1) is 6.61. The van der Waals surface area contributed by atoms with E-state index in [2.05, 4.69) is 15.9 Å². The minimum atomic E-state index is -0.955. The van der Waals surface area contributed by atoms with Gasteiger partial charge in [0.05, 0.1) is 14.2 Å². The van der Waals surface area contributed by atoms with Crippen molar-refractivity contribution in [2.75, 3.05) is 0 Å². The third kappa shape index (κ3) is 1.40. The predicted octanol–water partition coefficient (Wildman–Crippen LogP) is 2.73. The van der Waals surface area contributed by atoms with E-state index in [1.165, 1.54) is 11.3 Å². The van der Waals surface area contributed by atoms with E-state index in [1.807, 2.05) is 0 Å². The van der Waals surface area contributed by atoms with Crippen molar-refractivity contribution >= 4 is 39.0 Å². The van der Waals surface area contributed by atoms with Crippen molar-refractivity contribution in [3.05, 3.63) is 19.8 Å². The zero-order valence-corrected chi connectivity index (χ0v) is 9.57. The van der Waals surface area contributed by atoms with Crippen LogP contribution in [0.5, 0.6) is 0 Å². The zero-order valence-electron chi connectivity index (χ0n) is 7.17. The number of carbonyl (C=O) groups is 2. The minimum Gasteiger partial charge on any atom is -0.478 e. The van der Waals surface area contributed by atoms with Crippen LogP contribution in [-0.4, -0.2) is 16.9 Å². The Morgan fingerprint density at radius 3 is 2.79 bits per heavy atom. The van der Waals surface area contributed by atoms with Crippen molar-refractivity contribution < 1.29 is 14.7 Å². The van der Waals surface area contributed by atoms with Crippen LogP contribution in [0.15, 0.2) is 3.79 Å². The summed E-state index contributed by atoms with van der Waals surface area (Å²) in [5.41, 5.74) is 0.990. The number of hydrogen-bond acceptors (Lipinski definition) is 3. The van der Waals surface area contributed by atoms with Crippen LogP contribution in [0.4, 0.5) is 0 Å². The number of Topliss-reactive ketones (excluding diaryl/α,β-unsaturated/α-hetero) is 1. The summed E-state index contributed by atoms with van der Waals surface area (Å²) in [6.45, 7) is 0. The number of thiophene rings is 1. The monoisotopic (exact) mass is 274 g/mol. The van der Waals surface area contributed by atoms with E-state index in [1.54, 1.807) is 0 Å². The second-order valence-electron chi connectivity index (χ2n) is 3.14. The van der Waals surface area contributed by atoms with Gasteiger partial charge in [-0.2, -0.15) is 0 Å². The summed E-state index contributed by atoms with van der Waals surface area (Å²) in [7, 11) is 0. The summed E-state index contributed by atoms with van der Waals surface area (Å²) < 4.78 is 0.560. The van der Waals surface area contributed by atoms with Gasteiger partial charge in [-0.1, -0.05) is 0 Å². The second kappa shape index (κ2) is 3.47. The van der Waals surface area contributed by atoms with Gasteiger partial charge in [-0.3, -0.25) is 4.79 Å². The fourth-order valence-corrected chi connectivity index (χ4v) is 3.58. The number of hydrogen-bond donors (Lipinski definition) is 1. The Morgan fingerprint density at radius 2 is 2.14 bits per heavy atom. The normalized spacial score (nSPS) is 15.4. The fourth-order valence-electron chi connectivity index (χ4n) is 1.65. The van der Waals surface area contributed by atoms with E-state index in [4.69, 9.17) is 5.11 Å². The quantitative estimate of drug-likeness (QED) is 0.857. The van der Waals surface area contributed by atoms with Gasteiger partial charge in [0.25, 0.3) is 0 Å². The molecule has 1 aliphatic carbocycles. The minimum absolute atomic E-state index is 0.0736. The molecule has 14 heavy (non-hydrogen) atoms. The number of carboxylic acid groups (broad SMARTS) is 1. The number of carboxylic acids is 1. The highest BCUT2D eigenvalue weighted by Crippen LogP contribution is 2.37. The van der Waals surface area contributed by atoms with Gasteiger partial charge in [0.2, 0.25) is 0 Å². The molecule has 1 N–H and O–H groups in total. The summed E-state index contributed by atoms with van der Waals surface area (Å²) >= 11 is 4.43. The van der Waals surface area contributed by atoms with E-state index in [9.17, 15) is 9.59 Å². The van der Waals surface area contributed by atoms with E-state index < -0.39 is 5.97 Å². The van der Waals surface area contributed by atoms with Gasteiger partial charge < -0.3 is 5.11 Å². The summed E-state index contributed by atoms with van der Waals surface area (Å²) in [6.07, 6.45) is 2.00. The molecule has 0 atom stereocenters. The Labute approximate surface area is 92.9 Å². The van der Waals surface area contributed by atoms with Gasteiger partial charge in [0.15, 0.2) is 5.78 Å². The van der Waals surface area contributed by atoms with Crippen molar-refractivity contribution in [1.29, 1.82) is 0 Å². The molecule has 0 radical (unpaired) electrons. The van der Waals surface area contributed by atoms with E-state index >= 15 is 0 Å². The summed E-state index contributed by atoms with van der Waals surface area (Å²) in [5.74, 6) is -0.881. The van der Waals surface area contributed by atoms with Gasteiger partial charge in [-0.25, -0.2) is 4.79 Å². The summed E-state index contributed by atoms with van der Waals surface area (Å²) in [4.78, 5) is 23.0. The van der Waals surface area contributed by atoms with Crippen LogP contribution >= 0.6 is 27.3 Å². The Hall–Kier alpha value is -0.680. The lowest BCUT2D eigenvalue weighted by molar-refractivity contribution is 0.0695. The SMILES string of the molecule is O=C1CCCc2c1sc(Br)c2C(=O)O. The molecule has 3 nitrogen and oxygen atoms in total. The first-order valence-corrected chi connectivity index (χ1v) is 5.80. The first-order valence-electron chi connectivity index (χ1n) is 4.19. The van der Waals surface area contributed by atoms with Gasteiger partial charge in [0.1, 0.15) is 0 Å². The van der Waals surface area contributed by atoms with Gasteiger partial charge >= 0.3 is 5.97 Å². The molecule has 0 amide bonds. The van der Waals surface area contributed by atoms with Crippen LogP contribution in [0.2, 0.25) is 0 Å². The highest BCUT2D eigenvalue weighted by atomic mass is 79.9. The van der Waals surface area contributed by atoms with E-state index in [0.717, 1.165) is 6.42 Å². The van der Waals surface area contributed by atoms with Crippen LogP contribution in [0, 0.1) is 0 Å². The standard InChI is InChI=1S/C9H7BrO3S/c10-8-6(9(12)13)4-2-1-3-5(11)7(4)14-8/h1-3H2,(H,12,13). The summed E-state index contributed by atoms with van der Waals surface area (Å²) in [6, 6.07) is 0. The molecule has 2 rings (SSSR count). The molecule has 0 aromatic carbocycles. The Kier molecular flexibility index (Phi) is 2.45. The van der Waals surface area contributed by atoms with Crippen LogP contribution in [0.1, 0.15) is 38.4 Å². The topological polar surface area (TPSA) is 54.4 Å². The second-order valence-corrected chi connectivity index (χ2v) is 5.48. The van der Waals surface area contributed by atoms with E-state index in [0.29, 0.717) is 27.1 Å². The van der Waals surface area contributed by atoms with Crippen LogP contribution in [0.25, 0.3) is 0 Å². The number of rotatable bonds is 1. The van der Waals surface area contributed by atoms with Gasteiger partial charge in [0, 0.05) is 6.42 Å². The third-order valence-electron chi connectivity index (χ3n) is 2.26. The van der Waals surface area contributed by atoms with Crippen molar-refractivity contribution in [2.24, 2.45) is 0 Å². The highest BCUT2D eigenvalue weighted by Gasteiger charge is 2.27. The lowest BCUT2D eigenvalue weighted by Gasteiger charge is -2.09. The van der Waals surface area contributed by atoms with Crippen molar-refractivity contribution in [3.63, 3.8) is 0 Å². The Balaban J connectivity index is 2.63. The van der Waals surface area contributed by atoms with Gasteiger partial charge in [-0.15, -0.1) is 11.3 Å². The lowest BCUT2D eigenvalue weighted by atomic mass is 9.95. The molecule has 0 aliphatic heterocycles. The number of carbonyl (C=O) groups excluding carboxylic acids is 1.